The summed E-state index contributed by atoms with van der Waals surface area (Å²) in [6.07, 6.45) is -1.01. The third-order valence-electron chi connectivity index (χ3n) is 8.24. The second kappa shape index (κ2) is 11.6. The van der Waals surface area contributed by atoms with Gasteiger partial charge in [-0.25, -0.2) is 14.4 Å². The van der Waals surface area contributed by atoms with Crippen molar-refractivity contribution in [2.24, 2.45) is 0 Å². The normalized spacial score (nSPS) is 14.7. The minimum absolute atomic E-state index is 0.0928. The van der Waals surface area contributed by atoms with Gasteiger partial charge in [-0.1, -0.05) is 48.5 Å². The van der Waals surface area contributed by atoms with Crippen LogP contribution in [0.4, 0.5) is 21.0 Å². The molecule has 0 saturated carbocycles. The number of carbonyl (C=O) groups excluding carboxylic acids is 2. The summed E-state index contributed by atoms with van der Waals surface area (Å²) in [5.41, 5.74) is 7.04. The molecule has 1 fully saturated rings. The van der Waals surface area contributed by atoms with Crippen molar-refractivity contribution < 1.29 is 29.0 Å². The van der Waals surface area contributed by atoms with Gasteiger partial charge in [-0.15, -0.1) is 0 Å². The Balaban J connectivity index is 1.36. The number of ether oxygens (including phenoxy) is 2. The van der Waals surface area contributed by atoms with E-state index in [2.05, 4.69) is 34.5 Å². The molecule has 2 aliphatic rings. The second-order valence-electron chi connectivity index (χ2n) is 12.2. The Morgan fingerprint density at radius 1 is 0.860 bits per heavy atom. The van der Waals surface area contributed by atoms with Gasteiger partial charge in [0.25, 0.3) is 0 Å². The van der Waals surface area contributed by atoms with Crippen molar-refractivity contribution in [3.05, 3.63) is 81.9 Å². The summed E-state index contributed by atoms with van der Waals surface area (Å²) in [4.78, 5) is 42.0. The van der Waals surface area contributed by atoms with Crippen LogP contribution in [0, 0.1) is 20.8 Å². The number of nitrogens with zero attached hydrogens (tertiary/aromatic N) is 2. The lowest BCUT2D eigenvalue weighted by molar-refractivity contribution is 0.0240. The fourth-order valence-corrected chi connectivity index (χ4v) is 6.36. The lowest BCUT2D eigenvalue weighted by atomic mass is 9.93. The zero-order valence-corrected chi connectivity index (χ0v) is 25.6. The molecule has 5 rings (SSSR count). The number of carbonyl (C=O) groups is 3. The van der Waals surface area contributed by atoms with Gasteiger partial charge in [0.15, 0.2) is 0 Å². The summed E-state index contributed by atoms with van der Waals surface area (Å²) in [6, 6.07) is 16.3. The Hall–Kier alpha value is -4.53. The number of hydrogen-bond donors (Lipinski definition) is 2. The molecule has 3 aromatic rings. The molecule has 2 amide bonds. The molecule has 2 N–H and O–H groups in total. The molecule has 0 atom stereocenters. The average molecular weight is 586 g/mol. The van der Waals surface area contributed by atoms with Crippen LogP contribution in [0.2, 0.25) is 0 Å². The van der Waals surface area contributed by atoms with Gasteiger partial charge in [-0.3, -0.25) is 5.32 Å². The highest BCUT2D eigenvalue weighted by Gasteiger charge is 2.32. The van der Waals surface area contributed by atoms with Crippen LogP contribution in [0.25, 0.3) is 11.1 Å². The minimum Gasteiger partial charge on any atom is -0.478 e. The van der Waals surface area contributed by atoms with Crippen LogP contribution >= 0.6 is 0 Å². The van der Waals surface area contributed by atoms with Crippen LogP contribution in [0.5, 0.6) is 0 Å². The molecular formula is C34H39N3O6. The molecule has 3 aromatic carbocycles. The number of fused-ring (bicyclic) bond motifs is 3. The summed E-state index contributed by atoms with van der Waals surface area (Å²) < 4.78 is 11.3. The highest BCUT2D eigenvalue weighted by Crippen LogP contribution is 2.44. The van der Waals surface area contributed by atoms with Gasteiger partial charge in [0.05, 0.1) is 11.3 Å². The fourth-order valence-electron chi connectivity index (χ4n) is 6.36. The Labute approximate surface area is 252 Å². The molecule has 0 spiro atoms. The third-order valence-corrected chi connectivity index (χ3v) is 8.24. The van der Waals surface area contributed by atoms with E-state index in [1.165, 1.54) is 0 Å². The van der Waals surface area contributed by atoms with Crippen molar-refractivity contribution in [2.75, 3.05) is 43.0 Å². The predicted molar refractivity (Wildman–Crippen MR) is 166 cm³/mol. The maximum Gasteiger partial charge on any atom is 0.411 e. The molecule has 1 aliphatic heterocycles. The predicted octanol–water partition coefficient (Wildman–Crippen LogP) is 6.73. The molecule has 9 nitrogen and oxygen atoms in total. The molecule has 1 aliphatic carbocycles. The van der Waals surface area contributed by atoms with E-state index in [1.807, 2.05) is 52.0 Å². The van der Waals surface area contributed by atoms with Gasteiger partial charge >= 0.3 is 18.2 Å². The molecule has 43 heavy (non-hydrogen) atoms. The van der Waals surface area contributed by atoms with Gasteiger partial charge in [-0.05, 0) is 80.5 Å². The van der Waals surface area contributed by atoms with Gasteiger partial charge in [0.2, 0.25) is 0 Å². The maximum absolute atomic E-state index is 13.2. The minimum atomic E-state index is -1.07. The molecule has 9 heteroatoms. The van der Waals surface area contributed by atoms with Crippen molar-refractivity contribution in [3.63, 3.8) is 0 Å². The Bertz CT molecular complexity index is 1540. The molecule has 1 heterocycles. The van der Waals surface area contributed by atoms with Crippen molar-refractivity contribution in [1.29, 1.82) is 0 Å². The number of rotatable bonds is 5. The van der Waals surface area contributed by atoms with E-state index in [0.29, 0.717) is 43.0 Å². The van der Waals surface area contributed by atoms with E-state index in [1.54, 1.807) is 18.7 Å². The molecular weight excluding hydrogens is 546 g/mol. The van der Waals surface area contributed by atoms with E-state index in [9.17, 15) is 19.5 Å². The lowest BCUT2D eigenvalue weighted by Gasteiger charge is -2.38. The van der Waals surface area contributed by atoms with Crippen LogP contribution in [0.1, 0.15) is 64.9 Å². The number of nitrogens with one attached hydrogen (secondary N) is 1. The first kappa shape index (κ1) is 29.9. The van der Waals surface area contributed by atoms with E-state index in [4.69, 9.17) is 9.47 Å². The summed E-state index contributed by atoms with van der Waals surface area (Å²) in [5, 5.41) is 13.0. The topological polar surface area (TPSA) is 108 Å². The van der Waals surface area contributed by atoms with Crippen LogP contribution in [-0.2, 0) is 9.47 Å². The SMILES string of the molecule is Cc1c(NC(=O)OCC2c3ccccc3-c3ccccc32)c(C)c(N2CCN(C(=O)OC(C)(C)C)CC2)c(C)c1C(=O)O. The fraction of sp³-hybridized carbons (Fsp3) is 0.382. The summed E-state index contributed by atoms with van der Waals surface area (Å²) in [7, 11) is 0. The molecule has 226 valence electrons. The van der Waals surface area contributed by atoms with Gasteiger partial charge in [-0.2, -0.15) is 0 Å². The first-order chi connectivity index (χ1) is 20.4. The largest absolute Gasteiger partial charge is 0.478 e. The smallest absolute Gasteiger partial charge is 0.411 e. The molecule has 0 aromatic heterocycles. The Morgan fingerprint density at radius 3 is 1.95 bits per heavy atom. The molecule has 0 bridgehead atoms. The highest BCUT2D eigenvalue weighted by molar-refractivity contribution is 5.99. The summed E-state index contributed by atoms with van der Waals surface area (Å²) >= 11 is 0. The Morgan fingerprint density at radius 2 is 1.42 bits per heavy atom. The van der Waals surface area contributed by atoms with E-state index in [0.717, 1.165) is 33.5 Å². The van der Waals surface area contributed by atoms with Crippen molar-refractivity contribution >= 4 is 29.5 Å². The monoisotopic (exact) mass is 585 g/mol. The zero-order chi connectivity index (χ0) is 31.1. The van der Waals surface area contributed by atoms with E-state index >= 15 is 0 Å². The highest BCUT2D eigenvalue weighted by atomic mass is 16.6. The average Bonchev–Trinajstić information content (AvgIpc) is 3.27. The van der Waals surface area contributed by atoms with Crippen LogP contribution < -0.4 is 10.2 Å². The summed E-state index contributed by atoms with van der Waals surface area (Å²) in [5.74, 6) is -1.16. The summed E-state index contributed by atoms with van der Waals surface area (Å²) in [6.45, 7) is 12.9. The number of anilines is 2. The number of hydrogen-bond acceptors (Lipinski definition) is 6. The first-order valence-electron chi connectivity index (χ1n) is 14.6. The zero-order valence-electron chi connectivity index (χ0n) is 25.6. The number of piperazine rings is 1. The van der Waals surface area contributed by atoms with Gasteiger partial charge in [0.1, 0.15) is 12.2 Å². The standard InChI is InChI=1S/C34H39N3O6/c1-20-28(31(38)39)21(2)30(36-15-17-37(18-16-36)33(41)43-34(4,5)6)22(3)29(20)35-32(40)42-19-27-25-13-9-7-11-23(25)24-12-8-10-14-26(24)27/h7-14,27H,15-19H2,1-6H3,(H,35,40)(H,38,39). The first-order valence-corrected chi connectivity index (χ1v) is 14.6. The second-order valence-corrected chi connectivity index (χ2v) is 12.2. The quantitative estimate of drug-likeness (QED) is 0.342. The van der Waals surface area contributed by atoms with Gasteiger partial charge in [0, 0.05) is 37.8 Å². The van der Waals surface area contributed by atoms with Crippen molar-refractivity contribution in [1.82, 2.24) is 4.90 Å². The third kappa shape index (κ3) is 5.89. The van der Waals surface area contributed by atoms with Crippen molar-refractivity contribution in [2.45, 2.75) is 53.1 Å². The number of carboxylic acid groups (broad SMARTS) is 1. The van der Waals surface area contributed by atoms with Crippen LogP contribution in [0.3, 0.4) is 0 Å². The number of aromatic carboxylic acids is 1. The molecule has 0 unspecified atom stereocenters. The number of amides is 2. The Kier molecular flexibility index (Phi) is 8.10. The van der Waals surface area contributed by atoms with E-state index < -0.39 is 17.7 Å². The number of carboxylic acids is 1. The lowest BCUT2D eigenvalue weighted by Crippen LogP contribution is -2.50. The van der Waals surface area contributed by atoms with Crippen LogP contribution in [0.15, 0.2) is 48.5 Å². The van der Waals surface area contributed by atoms with Crippen LogP contribution in [-0.4, -0.2) is 66.5 Å². The maximum atomic E-state index is 13.2. The van der Waals surface area contributed by atoms with Gasteiger partial charge < -0.3 is 24.4 Å². The number of benzene rings is 3. The van der Waals surface area contributed by atoms with Crippen molar-refractivity contribution in [3.8, 4) is 11.1 Å². The van der Waals surface area contributed by atoms with E-state index in [-0.39, 0.29) is 24.2 Å². The molecule has 0 radical (unpaired) electrons. The molecule has 1 saturated heterocycles.